The summed E-state index contributed by atoms with van der Waals surface area (Å²) in [7, 11) is -3.76. The van der Waals surface area contributed by atoms with Gasteiger partial charge in [0.15, 0.2) is 11.6 Å². The van der Waals surface area contributed by atoms with Gasteiger partial charge in [0, 0.05) is 11.6 Å². The van der Waals surface area contributed by atoms with Gasteiger partial charge in [-0.15, -0.1) is 0 Å². The highest BCUT2D eigenvalue weighted by atomic mass is 32.2. The Morgan fingerprint density at radius 1 is 1.33 bits per heavy atom. The zero-order chi connectivity index (χ0) is 13.2. The van der Waals surface area contributed by atoms with E-state index < -0.39 is 10.0 Å². The number of Topliss-reactive ketones (excluding diaryl/α,β-unsaturated/α-hetero) is 1. The molecule has 7 heteroatoms. The number of carbonyl (C=O) groups is 1. The molecule has 1 aromatic heterocycles. The van der Waals surface area contributed by atoms with E-state index in [9.17, 15) is 13.2 Å². The monoisotopic (exact) mass is 266 g/mol. The maximum atomic E-state index is 12.0. The second-order valence-electron chi connectivity index (χ2n) is 3.57. The fourth-order valence-electron chi connectivity index (χ4n) is 1.34. The maximum absolute atomic E-state index is 12.0. The molecule has 0 aliphatic heterocycles. The van der Waals surface area contributed by atoms with E-state index in [1.807, 2.05) is 0 Å². The molecule has 0 spiro atoms. The number of sulfonamides is 1. The molecule has 0 aliphatic rings. The summed E-state index contributed by atoms with van der Waals surface area (Å²) >= 11 is 0. The third kappa shape index (κ3) is 2.57. The van der Waals surface area contributed by atoms with Crippen molar-refractivity contribution in [3.8, 4) is 0 Å². The number of aromatic nitrogens is 1. The number of nitrogens with zero attached hydrogens (tertiary/aromatic N) is 1. The van der Waals surface area contributed by atoms with Crippen molar-refractivity contribution >= 4 is 21.6 Å². The second-order valence-corrected chi connectivity index (χ2v) is 5.26. The maximum Gasteiger partial charge on any atom is 0.263 e. The van der Waals surface area contributed by atoms with Gasteiger partial charge in [0.2, 0.25) is 0 Å². The number of rotatable bonds is 4. The summed E-state index contributed by atoms with van der Waals surface area (Å²) in [6.07, 6.45) is 1.25. The van der Waals surface area contributed by atoms with Crippen LogP contribution < -0.4 is 4.72 Å². The highest BCUT2D eigenvalue weighted by molar-refractivity contribution is 7.92. The lowest BCUT2D eigenvalue weighted by Gasteiger charge is -2.05. The molecule has 0 unspecified atom stereocenters. The van der Waals surface area contributed by atoms with Crippen LogP contribution in [0.4, 0.5) is 5.82 Å². The van der Waals surface area contributed by atoms with Crippen LogP contribution in [0.15, 0.2) is 46.0 Å². The molecule has 1 N–H and O–H groups in total. The largest absolute Gasteiger partial charge is 0.363 e. The van der Waals surface area contributed by atoms with E-state index in [1.54, 1.807) is 6.07 Å². The first-order chi connectivity index (χ1) is 8.49. The lowest BCUT2D eigenvalue weighted by Crippen LogP contribution is -2.13. The quantitative estimate of drug-likeness (QED) is 0.850. The summed E-state index contributed by atoms with van der Waals surface area (Å²) in [5.41, 5.74) is 0.332. The first-order valence-electron chi connectivity index (χ1n) is 5.03. The van der Waals surface area contributed by atoms with Crippen LogP contribution in [0.2, 0.25) is 0 Å². The van der Waals surface area contributed by atoms with Crippen LogP contribution in [0.3, 0.4) is 0 Å². The standard InChI is InChI=1S/C11H10N2O4S/c1-8(14)9-3-2-4-10(7-9)18(15,16)13-11-5-6-17-12-11/h2-7H,1H3,(H,12,13). The molecular weight excluding hydrogens is 256 g/mol. The molecule has 1 heterocycles. The number of ketones is 1. The van der Waals surface area contributed by atoms with Crippen LogP contribution in [0.5, 0.6) is 0 Å². The van der Waals surface area contributed by atoms with E-state index >= 15 is 0 Å². The average Bonchev–Trinajstić information content (AvgIpc) is 2.81. The van der Waals surface area contributed by atoms with Gasteiger partial charge in [0.05, 0.1) is 4.90 Å². The minimum Gasteiger partial charge on any atom is -0.363 e. The van der Waals surface area contributed by atoms with Gasteiger partial charge in [0.1, 0.15) is 6.26 Å². The number of hydrogen-bond donors (Lipinski definition) is 1. The minimum atomic E-state index is -3.76. The number of benzene rings is 1. The molecule has 2 rings (SSSR count). The molecule has 6 nitrogen and oxygen atoms in total. The van der Waals surface area contributed by atoms with Gasteiger partial charge < -0.3 is 4.52 Å². The van der Waals surface area contributed by atoms with Gasteiger partial charge in [-0.3, -0.25) is 9.52 Å². The normalized spacial score (nSPS) is 11.2. The summed E-state index contributed by atoms with van der Waals surface area (Å²) in [6, 6.07) is 7.15. The van der Waals surface area contributed by atoms with Gasteiger partial charge >= 0.3 is 0 Å². The van der Waals surface area contributed by atoms with Gasteiger partial charge in [-0.05, 0) is 19.1 Å². The van der Waals surface area contributed by atoms with Crippen molar-refractivity contribution in [2.75, 3.05) is 4.72 Å². The molecule has 0 saturated carbocycles. The highest BCUT2D eigenvalue weighted by Crippen LogP contribution is 2.16. The number of anilines is 1. The molecule has 94 valence electrons. The highest BCUT2D eigenvalue weighted by Gasteiger charge is 2.16. The Bertz CT molecular complexity index is 662. The van der Waals surface area contributed by atoms with Crippen molar-refractivity contribution in [3.63, 3.8) is 0 Å². The van der Waals surface area contributed by atoms with Gasteiger partial charge in [-0.25, -0.2) is 8.42 Å². The summed E-state index contributed by atoms with van der Waals surface area (Å²) in [4.78, 5) is 11.2. The predicted molar refractivity (Wildman–Crippen MR) is 63.8 cm³/mol. The zero-order valence-electron chi connectivity index (χ0n) is 9.45. The van der Waals surface area contributed by atoms with Crippen LogP contribution >= 0.6 is 0 Å². The van der Waals surface area contributed by atoms with E-state index in [2.05, 4.69) is 14.4 Å². The molecule has 0 aliphatic carbocycles. The summed E-state index contributed by atoms with van der Waals surface area (Å²) < 4.78 is 30.7. The van der Waals surface area contributed by atoms with Crippen LogP contribution in [-0.4, -0.2) is 19.4 Å². The molecular formula is C11H10N2O4S. The molecule has 1 aromatic carbocycles. The van der Waals surface area contributed by atoms with E-state index in [4.69, 9.17) is 0 Å². The van der Waals surface area contributed by atoms with Gasteiger partial charge in [0.25, 0.3) is 10.0 Å². The molecule has 0 bridgehead atoms. The summed E-state index contributed by atoms with van der Waals surface area (Å²) in [5, 5.41) is 3.45. The summed E-state index contributed by atoms with van der Waals surface area (Å²) in [5.74, 6) is -0.114. The van der Waals surface area contributed by atoms with E-state index in [0.29, 0.717) is 5.56 Å². The van der Waals surface area contributed by atoms with Crippen molar-refractivity contribution < 1.29 is 17.7 Å². The lowest BCUT2D eigenvalue weighted by atomic mass is 10.2. The molecule has 0 atom stereocenters. The third-order valence-corrected chi connectivity index (χ3v) is 3.58. The van der Waals surface area contributed by atoms with Crippen molar-refractivity contribution in [3.05, 3.63) is 42.2 Å². The second kappa shape index (κ2) is 4.61. The van der Waals surface area contributed by atoms with Crippen molar-refractivity contribution in [2.45, 2.75) is 11.8 Å². The predicted octanol–water partition coefficient (Wildman–Crippen LogP) is 1.68. The van der Waals surface area contributed by atoms with E-state index in [-0.39, 0.29) is 16.5 Å². The topological polar surface area (TPSA) is 89.3 Å². The Hall–Kier alpha value is -2.15. The van der Waals surface area contributed by atoms with Crippen molar-refractivity contribution in [2.24, 2.45) is 0 Å². The molecule has 0 amide bonds. The Labute approximate surface area is 104 Å². The zero-order valence-corrected chi connectivity index (χ0v) is 10.3. The first-order valence-corrected chi connectivity index (χ1v) is 6.51. The Morgan fingerprint density at radius 2 is 2.11 bits per heavy atom. The smallest absolute Gasteiger partial charge is 0.263 e. The summed E-state index contributed by atoms with van der Waals surface area (Å²) in [6.45, 7) is 1.37. The minimum absolute atomic E-state index is 0.00167. The number of nitrogens with one attached hydrogen (secondary N) is 1. The molecule has 0 fully saturated rings. The van der Waals surface area contributed by atoms with E-state index in [0.717, 1.165) is 0 Å². The fourth-order valence-corrected chi connectivity index (χ4v) is 2.38. The molecule has 0 radical (unpaired) electrons. The van der Waals surface area contributed by atoms with Crippen LogP contribution in [-0.2, 0) is 10.0 Å². The molecule has 0 saturated heterocycles. The third-order valence-electron chi connectivity index (χ3n) is 2.23. The fraction of sp³-hybridized carbons (Fsp3) is 0.0909. The molecule has 18 heavy (non-hydrogen) atoms. The van der Waals surface area contributed by atoms with Crippen LogP contribution in [0.1, 0.15) is 17.3 Å². The van der Waals surface area contributed by atoms with Gasteiger partial charge in [-0.2, -0.15) is 0 Å². The van der Waals surface area contributed by atoms with Crippen molar-refractivity contribution in [1.29, 1.82) is 0 Å². The van der Waals surface area contributed by atoms with E-state index in [1.165, 1.54) is 37.5 Å². The first kappa shape index (κ1) is 12.3. The lowest BCUT2D eigenvalue weighted by molar-refractivity contribution is 0.101. The number of hydrogen-bond acceptors (Lipinski definition) is 5. The van der Waals surface area contributed by atoms with Gasteiger partial charge in [-0.1, -0.05) is 17.3 Å². The Morgan fingerprint density at radius 3 is 2.72 bits per heavy atom. The van der Waals surface area contributed by atoms with Crippen LogP contribution in [0.25, 0.3) is 0 Å². The average molecular weight is 266 g/mol. The van der Waals surface area contributed by atoms with Crippen LogP contribution in [0, 0.1) is 0 Å². The SMILES string of the molecule is CC(=O)c1cccc(S(=O)(=O)Nc2ccon2)c1. The Balaban J connectivity index is 2.35. The Kier molecular flexibility index (Phi) is 3.15. The number of carbonyl (C=O) groups excluding carboxylic acids is 1. The van der Waals surface area contributed by atoms with Crippen molar-refractivity contribution in [1.82, 2.24) is 5.16 Å². The molecule has 2 aromatic rings.